The second-order valence-corrected chi connectivity index (χ2v) is 8.62. The zero-order chi connectivity index (χ0) is 20.3. The summed E-state index contributed by atoms with van der Waals surface area (Å²) in [4.78, 5) is 12.6. The van der Waals surface area contributed by atoms with Crippen LogP contribution in [0.25, 0.3) is 0 Å². The van der Waals surface area contributed by atoms with Gasteiger partial charge in [0.15, 0.2) is 0 Å². The molecule has 1 amide bonds. The molecule has 28 heavy (non-hydrogen) atoms. The SMILES string of the molecule is O=C(Nc1ccccc1)c1cc(Cl)ccc1NS(=O)(=O)c1ccc(Cl)c(Cl)c1. The molecule has 0 bridgehead atoms. The summed E-state index contributed by atoms with van der Waals surface area (Å²) in [5.41, 5.74) is 0.703. The number of carbonyl (C=O) groups excluding carboxylic acids is 1. The lowest BCUT2D eigenvalue weighted by Gasteiger charge is -2.14. The van der Waals surface area contributed by atoms with E-state index in [1.54, 1.807) is 24.3 Å². The van der Waals surface area contributed by atoms with Crippen LogP contribution in [0.3, 0.4) is 0 Å². The molecule has 3 aromatic carbocycles. The van der Waals surface area contributed by atoms with Gasteiger partial charge in [0.1, 0.15) is 0 Å². The molecule has 0 spiro atoms. The molecule has 5 nitrogen and oxygen atoms in total. The lowest BCUT2D eigenvalue weighted by molar-refractivity contribution is 0.102. The van der Waals surface area contributed by atoms with Crippen LogP contribution in [0, 0.1) is 0 Å². The number of anilines is 2. The standard InChI is InChI=1S/C19H13Cl3N2O3S/c20-12-6-9-18(15(10-12)19(25)23-13-4-2-1-3-5-13)24-28(26,27)14-7-8-16(21)17(22)11-14/h1-11,24H,(H,23,25). The van der Waals surface area contributed by atoms with Gasteiger partial charge in [0.25, 0.3) is 15.9 Å². The Kier molecular flexibility index (Phi) is 6.15. The third-order valence-corrected chi connectivity index (χ3v) is 6.04. The highest BCUT2D eigenvalue weighted by molar-refractivity contribution is 7.92. The third-order valence-electron chi connectivity index (χ3n) is 3.70. The van der Waals surface area contributed by atoms with E-state index in [-0.39, 0.29) is 31.2 Å². The normalized spacial score (nSPS) is 11.1. The molecule has 0 aromatic heterocycles. The van der Waals surface area contributed by atoms with Gasteiger partial charge in [-0.25, -0.2) is 8.42 Å². The van der Waals surface area contributed by atoms with Crippen molar-refractivity contribution in [1.29, 1.82) is 0 Å². The van der Waals surface area contributed by atoms with Crippen LogP contribution >= 0.6 is 34.8 Å². The number of sulfonamides is 1. The fraction of sp³-hybridized carbons (Fsp3) is 0. The first kappa shape index (κ1) is 20.5. The Balaban J connectivity index is 1.94. The second kappa shape index (κ2) is 8.41. The Morgan fingerprint density at radius 2 is 1.54 bits per heavy atom. The van der Waals surface area contributed by atoms with Crippen LogP contribution in [0.15, 0.2) is 71.6 Å². The van der Waals surface area contributed by atoms with Gasteiger partial charge >= 0.3 is 0 Å². The summed E-state index contributed by atoms with van der Waals surface area (Å²) in [6.45, 7) is 0. The Labute approximate surface area is 177 Å². The number of amides is 1. The lowest BCUT2D eigenvalue weighted by atomic mass is 10.1. The number of hydrogen-bond donors (Lipinski definition) is 2. The number of para-hydroxylation sites is 1. The van der Waals surface area contributed by atoms with Gasteiger partial charge in [0, 0.05) is 10.7 Å². The predicted octanol–water partition coefficient (Wildman–Crippen LogP) is 5.70. The summed E-state index contributed by atoms with van der Waals surface area (Å²) >= 11 is 17.7. The fourth-order valence-electron chi connectivity index (χ4n) is 2.36. The lowest BCUT2D eigenvalue weighted by Crippen LogP contribution is -2.18. The van der Waals surface area contributed by atoms with Gasteiger partial charge < -0.3 is 5.32 Å². The molecular formula is C19H13Cl3N2O3S. The van der Waals surface area contributed by atoms with Crippen LogP contribution in [-0.2, 0) is 10.0 Å². The van der Waals surface area contributed by atoms with Crippen LogP contribution in [-0.4, -0.2) is 14.3 Å². The van der Waals surface area contributed by atoms with Crippen LogP contribution < -0.4 is 10.0 Å². The minimum Gasteiger partial charge on any atom is -0.322 e. The molecule has 0 fully saturated rings. The van der Waals surface area contributed by atoms with Gasteiger partial charge in [-0.1, -0.05) is 53.0 Å². The maximum atomic E-state index is 12.7. The van der Waals surface area contributed by atoms with E-state index in [1.165, 1.54) is 36.4 Å². The van der Waals surface area contributed by atoms with Crippen molar-refractivity contribution in [2.24, 2.45) is 0 Å². The molecule has 0 atom stereocenters. The number of carbonyl (C=O) groups is 1. The van der Waals surface area contributed by atoms with E-state index in [0.29, 0.717) is 5.69 Å². The topological polar surface area (TPSA) is 75.3 Å². The van der Waals surface area contributed by atoms with Crippen LogP contribution in [0.1, 0.15) is 10.4 Å². The van der Waals surface area contributed by atoms with E-state index in [2.05, 4.69) is 10.0 Å². The molecule has 3 rings (SSSR count). The first-order valence-electron chi connectivity index (χ1n) is 7.90. The smallest absolute Gasteiger partial charge is 0.261 e. The first-order valence-corrected chi connectivity index (χ1v) is 10.5. The highest BCUT2D eigenvalue weighted by atomic mass is 35.5. The molecule has 3 aromatic rings. The van der Waals surface area contributed by atoms with E-state index >= 15 is 0 Å². The highest BCUT2D eigenvalue weighted by Crippen LogP contribution is 2.28. The maximum absolute atomic E-state index is 12.7. The Morgan fingerprint density at radius 1 is 0.821 bits per heavy atom. The second-order valence-electron chi connectivity index (χ2n) is 5.69. The van der Waals surface area contributed by atoms with Crippen molar-refractivity contribution >= 4 is 62.1 Å². The van der Waals surface area contributed by atoms with Crippen molar-refractivity contribution in [2.75, 3.05) is 10.0 Å². The van der Waals surface area contributed by atoms with E-state index in [0.717, 1.165) is 0 Å². The van der Waals surface area contributed by atoms with Crippen molar-refractivity contribution in [3.05, 3.63) is 87.4 Å². The van der Waals surface area contributed by atoms with Gasteiger partial charge in [-0.3, -0.25) is 9.52 Å². The number of hydrogen-bond acceptors (Lipinski definition) is 3. The Morgan fingerprint density at radius 3 is 2.21 bits per heavy atom. The molecule has 0 radical (unpaired) electrons. The number of halogens is 3. The van der Waals surface area contributed by atoms with Crippen LogP contribution in [0.5, 0.6) is 0 Å². The monoisotopic (exact) mass is 454 g/mol. The highest BCUT2D eigenvalue weighted by Gasteiger charge is 2.20. The zero-order valence-electron chi connectivity index (χ0n) is 14.1. The Bertz CT molecular complexity index is 1140. The van der Waals surface area contributed by atoms with Crippen LogP contribution in [0.2, 0.25) is 15.1 Å². The van der Waals surface area contributed by atoms with Gasteiger partial charge in [0.05, 0.1) is 26.2 Å². The van der Waals surface area contributed by atoms with Gasteiger partial charge in [0.2, 0.25) is 0 Å². The molecule has 0 aliphatic rings. The molecule has 144 valence electrons. The molecule has 9 heteroatoms. The number of nitrogens with one attached hydrogen (secondary N) is 2. The van der Waals surface area contributed by atoms with E-state index in [9.17, 15) is 13.2 Å². The largest absolute Gasteiger partial charge is 0.322 e. The molecule has 0 heterocycles. The van der Waals surface area contributed by atoms with E-state index in [1.807, 2.05) is 6.07 Å². The van der Waals surface area contributed by atoms with Crippen molar-refractivity contribution < 1.29 is 13.2 Å². The Hall–Kier alpha value is -2.25. The number of benzene rings is 3. The predicted molar refractivity (Wildman–Crippen MR) is 113 cm³/mol. The average molecular weight is 456 g/mol. The summed E-state index contributed by atoms with van der Waals surface area (Å²) in [7, 11) is -4.01. The molecule has 0 unspecified atom stereocenters. The molecule has 2 N–H and O–H groups in total. The fourth-order valence-corrected chi connectivity index (χ4v) is 4.00. The average Bonchev–Trinajstić information content (AvgIpc) is 2.66. The van der Waals surface area contributed by atoms with Crippen LogP contribution in [0.4, 0.5) is 11.4 Å². The van der Waals surface area contributed by atoms with Gasteiger partial charge in [-0.15, -0.1) is 0 Å². The summed E-state index contributed by atoms with van der Waals surface area (Å²) in [5, 5.41) is 3.32. The zero-order valence-corrected chi connectivity index (χ0v) is 17.2. The summed E-state index contributed by atoms with van der Waals surface area (Å²) in [5.74, 6) is -0.513. The minimum atomic E-state index is -4.01. The summed E-state index contributed by atoms with van der Waals surface area (Å²) in [6, 6.07) is 17.0. The van der Waals surface area contributed by atoms with Gasteiger partial charge in [-0.2, -0.15) is 0 Å². The van der Waals surface area contributed by atoms with Gasteiger partial charge in [-0.05, 0) is 48.5 Å². The maximum Gasteiger partial charge on any atom is 0.261 e. The molecule has 0 saturated carbocycles. The van der Waals surface area contributed by atoms with Crippen molar-refractivity contribution in [3.8, 4) is 0 Å². The summed E-state index contributed by atoms with van der Waals surface area (Å²) in [6.07, 6.45) is 0. The molecule has 0 aliphatic heterocycles. The van der Waals surface area contributed by atoms with E-state index in [4.69, 9.17) is 34.8 Å². The minimum absolute atomic E-state index is 0.0694. The number of rotatable bonds is 5. The van der Waals surface area contributed by atoms with Crippen molar-refractivity contribution in [2.45, 2.75) is 4.90 Å². The van der Waals surface area contributed by atoms with Crippen molar-refractivity contribution in [3.63, 3.8) is 0 Å². The molecule has 0 saturated heterocycles. The van der Waals surface area contributed by atoms with E-state index < -0.39 is 15.9 Å². The third kappa shape index (κ3) is 4.77. The summed E-state index contributed by atoms with van der Waals surface area (Å²) < 4.78 is 27.8. The molecular weight excluding hydrogens is 443 g/mol. The first-order chi connectivity index (χ1) is 13.3. The quantitative estimate of drug-likeness (QED) is 0.518. The van der Waals surface area contributed by atoms with Crippen molar-refractivity contribution in [1.82, 2.24) is 0 Å². The molecule has 0 aliphatic carbocycles.